The van der Waals surface area contributed by atoms with Crippen LogP contribution in [0.3, 0.4) is 0 Å². The summed E-state index contributed by atoms with van der Waals surface area (Å²) in [5.74, 6) is -0.354. The molecule has 0 spiro atoms. The lowest BCUT2D eigenvalue weighted by Crippen LogP contribution is -1.97. The molecule has 0 aliphatic heterocycles. The fourth-order valence-electron chi connectivity index (χ4n) is 1.88. The van der Waals surface area contributed by atoms with E-state index in [-0.39, 0.29) is 0 Å². The molecule has 6 nitrogen and oxygen atoms in total. The van der Waals surface area contributed by atoms with Crippen LogP contribution in [-0.4, -0.2) is 26.0 Å². The van der Waals surface area contributed by atoms with E-state index in [1.54, 1.807) is 6.92 Å². The van der Waals surface area contributed by atoms with E-state index in [2.05, 4.69) is 20.3 Å². The molecular formula is C12H10N4O2S2. The molecule has 3 aromatic rings. The zero-order chi connectivity index (χ0) is 14.3. The highest BCUT2D eigenvalue weighted by atomic mass is 32.1. The number of aromatic nitrogens is 3. The van der Waals surface area contributed by atoms with Gasteiger partial charge in [-0.2, -0.15) is 0 Å². The van der Waals surface area contributed by atoms with Gasteiger partial charge in [0.05, 0.1) is 11.1 Å². The largest absolute Gasteiger partial charge is 0.477 e. The fourth-order valence-corrected chi connectivity index (χ4v) is 3.56. The highest BCUT2D eigenvalue weighted by Gasteiger charge is 2.18. The highest BCUT2D eigenvalue weighted by molar-refractivity contribution is 7.20. The van der Waals surface area contributed by atoms with Crippen LogP contribution >= 0.6 is 22.7 Å². The Morgan fingerprint density at radius 2 is 2.15 bits per heavy atom. The van der Waals surface area contributed by atoms with E-state index >= 15 is 0 Å². The van der Waals surface area contributed by atoms with Crippen molar-refractivity contribution in [2.45, 2.75) is 13.8 Å². The third-order valence-electron chi connectivity index (χ3n) is 2.77. The van der Waals surface area contributed by atoms with E-state index in [1.807, 2.05) is 12.3 Å². The SMILES string of the molecule is Cc1csc(Nc2ncnc3sc(C(=O)O)c(C)c23)n1. The summed E-state index contributed by atoms with van der Waals surface area (Å²) in [4.78, 5) is 24.8. The molecule has 2 N–H and O–H groups in total. The normalized spacial score (nSPS) is 10.9. The molecule has 0 aliphatic rings. The number of nitrogens with one attached hydrogen (secondary N) is 1. The van der Waals surface area contributed by atoms with Crippen molar-refractivity contribution >= 4 is 49.8 Å². The van der Waals surface area contributed by atoms with E-state index in [9.17, 15) is 9.90 Å². The minimum absolute atomic E-state index is 0.291. The van der Waals surface area contributed by atoms with Crippen LogP contribution in [0.2, 0.25) is 0 Å². The number of hydrogen-bond acceptors (Lipinski definition) is 7. The maximum atomic E-state index is 11.2. The van der Waals surface area contributed by atoms with Crippen LogP contribution in [0.25, 0.3) is 10.2 Å². The third-order valence-corrected chi connectivity index (χ3v) is 4.83. The van der Waals surface area contributed by atoms with E-state index in [4.69, 9.17) is 0 Å². The quantitative estimate of drug-likeness (QED) is 0.772. The molecule has 0 aliphatic carbocycles. The number of thiazole rings is 1. The topological polar surface area (TPSA) is 88.0 Å². The van der Waals surface area contributed by atoms with E-state index in [0.29, 0.717) is 21.1 Å². The number of carbonyl (C=O) groups is 1. The Hall–Kier alpha value is -2.06. The molecule has 3 heterocycles. The summed E-state index contributed by atoms with van der Waals surface area (Å²) in [5, 5.41) is 15.7. The number of fused-ring (bicyclic) bond motifs is 1. The standard InChI is InChI=1S/C12H10N4O2S2/c1-5-3-19-12(15-5)16-9-7-6(2)8(11(17)18)20-10(7)14-4-13-9/h3-4H,1-2H3,(H,17,18)(H,13,14,15,16). The number of aryl methyl sites for hydroxylation is 2. The summed E-state index contributed by atoms with van der Waals surface area (Å²) in [6.07, 6.45) is 1.42. The predicted octanol–water partition coefficient (Wildman–Crippen LogP) is 3.21. The molecule has 0 saturated carbocycles. The number of rotatable bonds is 3. The molecule has 3 rings (SSSR count). The van der Waals surface area contributed by atoms with Crippen LogP contribution < -0.4 is 5.32 Å². The van der Waals surface area contributed by atoms with Gasteiger partial charge in [0.1, 0.15) is 21.9 Å². The number of nitrogens with zero attached hydrogens (tertiary/aromatic N) is 3. The maximum absolute atomic E-state index is 11.2. The molecule has 0 amide bonds. The Bertz CT molecular complexity index is 809. The van der Waals surface area contributed by atoms with Crippen molar-refractivity contribution in [3.05, 3.63) is 27.8 Å². The second kappa shape index (κ2) is 4.80. The summed E-state index contributed by atoms with van der Waals surface area (Å²) < 4.78 is 0. The minimum Gasteiger partial charge on any atom is -0.477 e. The van der Waals surface area contributed by atoms with Crippen molar-refractivity contribution in [3.8, 4) is 0 Å². The molecule has 0 aromatic carbocycles. The van der Waals surface area contributed by atoms with Crippen molar-refractivity contribution in [2.24, 2.45) is 0 Å². The number of thiophene rings is 1. The first kappa shape index (κ1) is 12.9. The fraction of sp³-hybridized carbons (Fsp3) is 0.167. The molecule has 20 heavy (non-hydrogen) atoms. The van der Waals surface area contributed by atoms with Crippen molar-refractivity contribution in [1.82, 2.24) is 15.0 Å². The second-order valence-corrected chi connectivity index (χ2v) is 6.04. The molecule has 0 radical (unpaired) electrons. The molecule has 8 heteroatoms. The van der Waals surface area contributed by atoms with Gasteiger partial charge in [0, 0.05) is 5.38 Å². The molecule has 3 aromatic heterocycles. The summed E-state index contributed by atoms with van der Waals surface area (Å²) in [7, 11) is 0. The van der Waals surface area contributed by atoms with Gasteiger partial charge in [-0.05, 0) is 19.4 Å². The maximum Gasteiger partial charge on any atom is 0.346 e. The first-order valence-corrected chi connectivity index (χ1v) is 7.42. The van der Waals surface area contributed by atoms with Gasteiger partial charge in [0.2, 0.25) is 0 Å². The van der Waals surface area contributed by atoms with Crippen LogP contribution in [0.4, 0.5) is 10.9 Å². The van der Waals surface area contributed by atoms with Crippen molar-refractivity contribution in [3.63, 3.8) is 0 Å². The van der Waals surface area contributed by atoms with E-state index < -0.39 is 5.97 Å². The Balaban J connectivity index is 2.13. The smallest absolute Gasteiger partial charge is 0.346 e. The number of carboxylic acid groups (broad SMARTS) is 1. The van der Waals surface area contributed by atoms with Crippen LogP contribution in [-0.2, 0) is 0 Å². The summed E-state index contributed by atoms with van der Waals surface area (Å²) in [6, 6.07) is 0. The molecule has 0 unspecified atom stereocenters. The number of hydrogen-bond donors (Lipinski definition) is 2. The monoisotopic (exact) mass is 306 g/mol. The van der Waals surface area contributed by atoms with Crippen molar-refractivity contribution < 1.29 is 9.90 Å². The Morgan fingerprint density at radius 3 is 2.80 bits per heavy atom. The van der Waals surface area contributed by atoms with Gasteiger partial charge in [0.25, 0.3) is 0 Å². The van der Waals surface area contributed by atoms with Gasteiger partial charge in [-0.3, -0.25) is 0 Å². The van der Waals surface area contributed by atoms with Gasteiger partial charge >= 0.3 is 5.97 Å². The van der Waals surface area contributed by atoms with Crippen LogP contribution in [0.5, 0.6) is 0 Å². The average molecular weight is 306 g/mol. The third kappa shape index (κ3) is 2.12. The zero-order valence-electron chi connectivity index (χ0n) is 10.7. The molecule has 0 bridgehead atoms. The zero-order valence-corrected chi connectivity index (χ0v) is 12.3. The first-order valence-electron chi connectivity index (χ1n) is 5.73. The highest BCUT2D eigenvalue weighted by Crippen LogP contribution is 2.34. The van der Waals surface area contributed by atoms with E-state index in [1.165, 1.54) is 17.7 Å². The Morgan fingerprint density at radius 1 is 1.35 bits per heavy atom. The summed E-state index contributed by atoms with van der Waals surface area (Å²) in [6.45, 7) is 3.68. The van der Waals surface area contributed by atoms with Gasteiger partial charge in [0.15, 0.2) is 5.13 Å². The second-order valence-electron chi connectivity index (χ2n) is 4.18. The van der Waals surface area contributed by atoms with Crippen molar-refractivity contribution in [2.75, 3.05) is 5.32 Å². The van der Waals surface area contributed by atoms with Crippen molar-refractivity contribution in [1.29, 1.82) is 0 Å². The summed E-state index contributed by atoms with van der Waals surface area (Å²) >= 11 is 2.63. The van der Waals surface area contributed by atoms with Crippen LogP contribution in [0, 0.1) is 13.8 Å². The molecular weight excluding hydrogens is 296 g/mol. The summed E-state index contributed by atoms with van der Waals surface area (Å²) in [5.41, 5.74) is 1.60. The Labute approximate surface area is 122 Å². The number of aromatic carboxylic acids is 1. The van der Waals surface area contributed by atoms with Gasteiger partial charge in [-0.1, -0.05) is 0 Å². The lowest BCUT2D eigenvalue weighted by Gasteiger charge is -2.03. The van der Waals surface area contributed by atoms with Gasteiger partial charge in [-0.25, -0.2) is 19.7 Å². The van der Waals surface area contributed by atoms with Crippen LogP contribution in [0.15, 0.2) is 11.7 Å². The van der Waals surface area contributed by atoms with E-state index in [0.717, 1.165) is 27.5 Å². The first-order chi connectivity index (χ1) is 9.56. The molecule has 0 fully saturated rings. The molecule has 102 valence electrons. The van der Waals surface area contributed by atoms with Gasteiger partial charge in [-0.15, -0.1) is 22.7 Å². The number of carboxylic acids is 1. The predicted molar refractivity (Wildman–Crippen MR) is 79.2 cm³/mol. The minimum atomic E-state index is -0.943. The average Bonchev–Trinajstić information content (AvgIpc) is 2.95. The number of anilines is 2. The molecule has 0 saturated heterocycles. The lowest BCUT2D eigenvalue weighted by atomic mass is 10.2. The van der Waals surface area contributed by atoms with Gasteiger partial charge < -0.3 is 10.4 Å². The van der Waals surface area contributed by atoms with Crippen LogP contribution in [0.1, 0.15) is 20.9 Å². The molecule has 0 atom stereocenters. The Kier molecular flexibility index (Phi) is 3.11. The lowest BCUT2D eigenvalue weighted by molar-refractivity contribution is 0.0701.